The van der Waals surface area contributed by atoms with Crippen LogP contribution in [0.15, 0.2) is 18.7 Å². The van der Waals surface area contributed by atoms with Gasteiger partial charge in [-0.25, -0.2) is 13.4 Å². The van der Waals surface area contributed by atoms with E-state index in [1.165, 1.54) is 4.31 Å². The number of aryl methyl sites for hydroxylation is 1. The Morgan fingerprint density at radius 3 is 3.00 bits per heavy atom. The van der Waals surface area contributed by atoms with Crippen LogP contribution in [0, 0.1) is 0 Å². The maximum Gasteiger partial charge on any atom is 0.216 e. The van der Waals surface area contributed by atoms with Gasteiger partial charge in [-0.3, -0.25) is 0 Å². The molecule has 0 radical (unpaired) electrons. The summed E-state index contributed by atoms with van der Waals surface area (Å²) in [6, 6.07) is 0. The van der Waals surface area contributed by atoms with Gasteiger partial charge in [-0.1, -0.05) is 0 Å². The van der Waals surface area contributed by atoms with Gasteiger partial charge in [0.05, 0.1) is 31.4 Å². The third-order valence-corrected chi connectivity index (χ3v) is 4.68. The zero-order valence-electron chi connectivity index (χ0n) is 9.97. The summed E-state index contributed by atoms with van der Waals surface area (Å²) < 4.78 is 32.5. The summed E-state index contributed by atoms with van der Waals surface area (Å²) in [6.07, 6.45) is 4.52. The van der Waals surface area contributed by atoms with E-state index in [-0.39, 0.29) is 18.9 Å². The van der Waals surface area contributed by atoms with Crippen molar-refractivity contribution in [3.05, 3.63) is 18.7 Å². The van der Waals surface area contributed by atoms with Crippen LogP contribution in [0.3, 0.4) is 0 Å². The molecule has 0 spiro atoms. The van der Waals surface area contributed by atoms with E-state index in [0.717, 1.165) is 0 Å². The Balaban J connectivity index is 1.93. The van der Waals surface area contributed by atoms with Crippen LogP contribution in [-0.4, -0.2) is 65.5 Å². The fraction of sp³-hybridized carbons (Fsp3) is 0.700. The average molecular weight is 275 g/mol. The Hall–Kier alpha value is -0.960. The Morgan fingerprint density at radius 2 is 2.33 bits per heavy atom. The van der Waals surface area contributed by atoms with Crippen molar-refractivity contribution in [3.8, 4) is 0 Å². The smallest absolute Gasteiger partial charge is 0.216 e. The van der Waals surface area contributed by atoms with Crippen molar-refractivity contribution in [3.63, 3.8) is 0 Å². The fourth-order valence-corrected chi connectivity index (χ4v) is 3.27. The van der Waals surface area contributed by atoms with Crippen LogP contribution in [0.5, 0.6) is 0 Å². The molecular formula is C10H17N3O4S. The van der Waals surface area contributed by atoms with Crippen LogP contribution < -0.4 is 0 Å². The van der Waals surface area contributed by atoms with Gasteiger partial charge >= 0.3 is 0 Å². The molecule has 0 aliphatic carbocycles. The average Bonchev–Trinajstić information content (AvgIpc) is 2.90. The first-order valence-electron chi connectivity index (χ1n) is 5.78. The van der Waals surface area contributed by atoms with Gasteiger partial charge in [-0.15, -0.1) is 0 Å². The Morgan fingerprint density at radius 1 is 1.50 bits per heavy atom. The molecule has 7 nitrogen and oxygen atoms in total. The van der Waals surface area contributed by atoms with E-state index in [1.54, 1.807) is 23.3 Å². The summed E-state index contributed by atoms with van der Waals surface area (Å²) >= 11 is 0. The van der Waals surface area contributed by atoms with Gasteiger partial charge in [0, 0.05) is 32.0 Å². The fourth-order valence-electron chi connectivity index (χ4n) is 1.82. The number of hydrogen-bond acceptors (Lipinski definition) is 5. The maximum absolute atomic E-state index is 12.1. The van der Waals surface area contributed by atoms with Crippen molar-refractivity contribution in [1.82, 2.24) is 13.9 Å². The molecule has 1 unspecified atom stereocenters. The highest BCUT2D eigenvalue weighted by molar-refractivity contribution is 7.89. The summed E-state index contributed by atoms with van der Waals surface area (Å²) in [4.78, 5) is 3.86. The first-order valence-corrected chi connectivity index (χ1v) is 7.39. The molecule has 0 amide bonds. The van der Waals surface area contributed by atoms with Crippen LogP contribution in [0.25, 0.3) is 0 Å². The molecule has 8 heteroatoms. The molecule has 1 N–H and O–H groups in total. The third-order valence-electron chi connectivity index (χ3n) is 2.87. The molecule has 0 aromatic carbocycles. The van der Waals surface area contributed by atoms with Crippen molar-refractivity contribution >= 4 is 10.0 Å². The van der Waals surface area contributed by atoms with E-state index < -0.39 is 16.1 Å². The number of aromatic nitrogens is 2. The Bertz CT molecular complexity index is 459. The molecule has 0 bridgehead atoms. The molecule has 1 aliphatic heterocycles. The minimum atomic E-state index is -3.31. The zero-order valence-corrected chi connectivity index (χ0v) is 10.8. The summed E-state index contributed by atoms with van der Waals surface area (Å²) in [5, 5.41) is 9.00. The second kappa shape index (κ2) is 5.79. The molecule has 0 saturated carbocycles. The SMILES string of the molecule is O=S(=O)(CCn1ccnc1)N1CCOC(CO)C1. The van der Waals surface area contributed by atoms with Crippen LogP contribution in [0.4, 0.5) is 0 Å². The molecule has 2 rings (SSSR count). The molecule has 18 heavy (non-hydrogen) atoms. The number of hydrogen-bond donors (Lipinski definition) is 1. The van der Waals surface area contributed by atoms with Crippen molar-refractivity contribution in [1.29, 1.82) is 0 Å². The van der Waals surface area contributed by atoms with E-state index in [4.69, 9.17) is 9.84 Å². The Kier molecular flexibility index (Phi) is 4.33. The lowest BCUT2D eigenvalue weighted by atomic mass is 10.3. The standard InChI is InChI=1S/C10H17N3O4S/c14-8-10-7-13(3-5-17-10)18(15,16)6-4-12-2-1-11-9-12/h1-2,9-10,14H,3-8H2. The summed E-state index contributed by atoms with van der Waals surface area (Å²) in [5.41, 5.74) is 0. The van der Waals surface area contributed by atoms with Crippen LogP contribution in [0.2, 0.25) is 0 Å². The molecule has 1 fully saturated rings. The maximum atomic E-state index is 12.1. The molecule has 102 valence electrons. The monoisotopic (exact) mass is 275 g/mol. The van der Waals surface area contributed by atoms with Gasteiger partial charge in [-0.05, 0) is 0 Å². The number of sulfonamides is 1. The zero-order chi connectivity index (χ0) is 13.0. The lowest BCUT2D eigenvalue weighted by molar-refractivity contribution is -0.0304. The second-order valence-corrected chi connectivity index (χ2v) is 6.24. The number of nitrogens with zero attached hydrogens (tertiary/aromatic N) is 3. The first-order chi connectivity index (χ1) is 8.62. The van der Waals surface area contributed by atoms with E-state index in [9.17, 15) is 8.42 Å². The molecule has 1 aliphatic rings. The molecular weight excluding hydrogens is 258 g/mol. The van der Waals surface area contributed by atoms with E-state index >= 15 is 0 Å². The minimum Gasteiger partial charge on any atom is -0.394 e. The molecule has 1 saturated heterocycles. The predicted octanol–water partition coefficient (Wildman–Crippen LogP) is -1.09. The molecule has 1 aromatic heterocycles. The van der Waals surface area contributed by atoms with E-state index in [1.807, 2.05) is 0 Å². The highest BCUT2D eigenvalue weighted by Gasteiger charge is 2.28. The second-order valence-electron chi connectivity index (χ2n) is 4.15. The highest BCUT2D eigenvalue weighted by atomic mass is 32.2. The normalized spacial score (nSPS) is 22.2. The van der Waals surface area contributed by atoms with E-state index in [0.29, 0.717) is 19.7 Å². The van der Waals surface area contributed by atoms with Gasteiger partial charge in [-0.2, -0.15) is 4.31 Å². The van der Waals surface area contributed by atoms with Crippen LogP contribution in [0.1, 0.15) is 0 Å². The van der Waals surface area contributed by atoms with E-state index in [2.05, 4.69) is 4.98 Å². The number of aliphatic hydroxyl groups is 1. The van der Waals surface area contributed by atoms with Gasteiger partial charge < -0.3 is 14.4 Å². The third kappa shape index (κ3) is 3.29. The topological polar surface area (TPSA) is 84.7 Å². The van der Waals surface area contributed by atoms with Crippen LogP contribution >= 0.6 is 0 Å². The van der Waals surface area contributed by atoms with Gasteiger partial charge in [0.15, 0.2) is 0 Å². The van der Waals surface area contributed by atoms with Crippen LogP contribution in [-0.2, 0) is 21.3 Å². The van der Waals surface area contributed by atoms with Crippen molar-refractivity contribution in [2.75, 3.05) is 32.1 Å². The number of ether oxygens (including phenoxy) is 1. The lowest BCUT2D eigenvalue weighted by Gasteiger charge is -2.31. The Labute approximate surface area is 106 Å². The molecule has 1 aromatic rings. The lowest BCUT2D eigenvalue weighted by Crippen LogP contribution is -2.47. The summed E-state index contributed by atoms with van der Waals surface area (Å²) in [5.74, 6) is 0.0293. The highest BCUT2D eigenvalue weighted by Crippen LogP contribution is 2.10. The van der Waals surface area contributed by atoms with Crippen molar-refractivity contribution in [2.24, 2.45) is 0 Å². The molecule has 2 heterocycles. The minimum absolute atomic E-state index is 0.0293. The number of rotatable bonds is 5. The predicted molar refractivity (Wildman–Crippen MR) is 64.4 cm³/mol. The number of aliphatic hydroxyl groups excluding tert-OH is 1. The first kappa shape index (κ1) is 13.5. The summed E-state index contributed by atoms with van der Waals surface area (Å²) in [7, 11) is -3.31. The largest absolute Gasteiger partial charge is 0.394 e. The quantitative estimate of drug-likeness (QED) is 0.738. The summed E-state index contributed by atoms with van der Waals surface area (Å²) in [6.45, 7) is 1.12. The van der Waals surface area contributed by atoms with Crippen molar-refractivity contribution < 1.29 is 18.3 Å². The van der Waals surface area contributed by atoms with Crippen molar-refractivity contribution in [2.45, 2.75) is 12.6 Å². The number of imidazole rings is 1. The molecule has 1 atom stereocenters. The van der Waals surface area contributed by atoms with Gasteiger partial charge in [0.1, 0.15) is 0 Å². The van der Waals surface area contributed by atoms with Gasteiger partial charge in [0.25, 0.3) is 0 Å². The number of morpholine rings is 1. The van der Waals surface area contributed by atoms with Gasteiger partial charge in [0.2, 0.25) is 10.0 Å².